The first-order valence-electron chi connectivity index (χ1n) is 16.0. The SMILES string of the molecule is OCC1OC(c2c(O)cc3c(c2O)C(c2c(O)cc(O)c4c2OC(c2cccc(O)c2)C(O)C4)C(O)C(c2cccc(O)c2)O3)C(O)C(O)C1O. The van der Waals surface area contributed by atoms with Crippen LogP contribution in [0.4, 0.5) is 0 Å². The van der Waals surface area contributed by atoms with Gasteiger partial charge >= 0.3 is 0 Å². The number of fused-ring (bicyclic) bond motifs is 2. The van der Waals surface area contributed by atoms with Gasteiger partial charge in [-0.1, -0.05) is 24.3 Å². The van der Waals surface area contributed by atoms with Crippen molar-refractivity contribution in [1.82, 2.24) is 0 Å². The highest BCUT2D eigenvalue weighted by atomic mass is 16.5. The third-order valence-electron chi connectivity index (χ3n) is 9.81. The molecule has 10 unspecified atom stereocenters. The minimum atomic E-state index is -1.94. The largest absolute Gasteiger partial charge is 0.508 e. The van der Waals surface area contributed by atoms with Crippen LogP contribution in [0.25, 0.3) is 0 Å². The van der Waals surface area contributed by atoms with Gasteiger partial charge in [0.1, 0.15) is 88.7 Å². The summed E-state index contributed by atoms with van der Waals surface area (Å²) in [5.41, 5.74) is -0.351. The van der Waals surface area contributed by atoms with Crippen molar-refractivity contribution in [3.05, 3.63) is 94.0 Å². The Bertz CT molecular complexity index is 1960. The van der Waals surface area contributed by atoms with Crippen LogP contribution in [0.3, 0.4) is 0 Å². The van der Waals surface area contributed by atoms with Crippen LogP contribution in [0.5, 0.6) is 46.0 Å². The van der Waals surface area contributed by atoms with E-state index in [1.165, 1.54) is 42.5 Å². The minimum Gasteiger partial charge on any atom is -0.508 e. The molecule has 3 heterocycles. The Morgan fingerprint density at radius 2 is 1.22 bits per heavy atom. The quantitative estimate of drug-likeness (QED) is 0.138. The van der Waals surface area contributed by atoms with E-state index in [2.05, 4.69) is 0 Å². The van der Waals surface area contributed by atoms with Gasteiger partial charge < -0.3 is 75.5 Å². The Balaban J connectivity index is 1.46. The number of phenols is 6. The van der Waals surface area contributed by atoms with Crippen LogP contribution in [0.2, 0.25) is 0 Å². The van der Waals surface area contributed by atoms with Gasteiger partial charge in [0.05, 0.1) is 24.2 Å². The monoisotopic (exact) mass is 708 g/mol. The van der Waals surface area contributed by atoms with Crippen LogP contribution in [0, 0.1) is 0 Å². The van der Waals surface area contributed by atoms with Crippen LogP contribution in [0.1, 0.15) is 57.6 Å². The normalized spacial score (nSPS) is 30.1. The Kier molecular flexibility index (Phi) is 8.75. The van der Waals surface area contributed by atoms with Crippen LogP contribution >= 0.6 is 0 Å². The van der Waals surface area contributed by atoms with Crippen molar-refractivity contribution in [3.8, 4) is 46.0 Å². The molecule has 4 aromatic carbocycles. The van der Waals surface area contributed by atoms with E-state index in [9.17, 15) is 61.3 Å². The molecule has 4 aromatic rings. The fourth-order valence-corrected chi connectivity index (χ4v) is 7.35. The van der Waals surface area contributed by atoms with Gasteiger partial charge in [0.2, 0.25) is 0 Å². The van der Waals surface area contributed by atoms with Gasteiger partial charge in [0.25, 0.3) is 0 Å². The molecular formula is C36H36O15. The lowest BCUT2D eigenvalue weighted by Gasteiger charge is -2.42. The Hall–Kier alpha value is -5.00. The zero-order chi connectivity index (χ0) is 36.5. The van der Waals surface area contributed by atoms with Crippen molar-refractivity contribution in [1.29, 1.82) is 0 Å². The molecule has 0 aliphatic carbocycles. The zero-order valence-corrected chi connectivity index (χ0v) is 26.6. The smallest absolute Gasteiger partial charge is 0.151 e. The molecule has 0 bridgehead atoms. The number of hydrogen-bond acceptors (Lipinski definition) is 15. The summed E-state index contributed by atoms with van der Waals surface area (Å²) in [6.45, 7) is -0.805. The summed E-state index contributed by atoms with van der Waals surface area (Å²) in [7, 11) is 0. The molecule has 12 N–H and O–H groups in total. The highest BCUT2D eigenvalue weighted by Gasteiger charge is 2.50. The van der Waals surface area contributed by atoms with Crippen molar-refractivity contribution in [2.75, 3.05) is 6.61 Å². The number of hydrogen-bond donors (Lipinski definition) is 12. The Morgan fingerprint density at radius 1 is 0.588 bits per heavy atom. The lowest BCUT2D eigenvalue weighted by Crippen LogP contribution is -2.55. The summed E-state index contributed by atoms with van der Waals surface area (Å²) in [5.74, 6) is -4.86. The van der Waals surface area contributed by atoms with Crippen LogP contribution in [-0.4, -0.2) is 105 Å². The molecule has 0 amide bonds. The molecule has 1 saturated heterocycles. The van der Waals surface area contributed by atoms with E-state index in [1.807, 2.05) is 0 Å². The van der Waals surface area contributed by atoms with Gasteiger partial charge in [-0.25, -0.2) is 0 Å². The molecule has 0 spiro atoms. The maximum Gasteiger partial charge on any atom is 0.151 e. The molecule has 1 fully saturated rings. The first-order valence-corrected chi connectivity index (χ1v) is 16.0. The predicted molar refractivity (Wildman–Crippen MR) is 173 cm³/mol. The number of benzene rings is 4. The summed E-state index contributed by atoms with van der Waals surface area (Å²) in [5, 5.41) is 131. The Labute approximate surface area is 289 Å². The van der Waals surface area contributed by atoms with E-state index in [-0.39, 0.29) is 51.7 Å². The summed E-state index contributed by atoms with van der Waals surface area (Å²) < 4.78 is 18.0. The molecule has 51 heavy (non-hydrogen) atoms. The lowest BCUT2D eigenvalue weighted by molar-refractivity contribution is -0.232. The number of aromatic hydroxyl groups is 6. The molecule has 270 valence electrons. The number of phenolic OH excluding ortho intramolecular Hbond substituents is 6. The standard InChI is InChI=1S/C36H36O15/c37-12-23-28(44)31(47)32(48)36(50-23)25-20(42)11-22-26(29(25)45)27(30(46)34(49-22)14-4-2-6-16(39)8-14)24-19(41)10-18(40)17-9-21(43)33(51-35(17)24)13-3-1-5-15(38)7-13/h1-8,10-11,21,23,27-28,30-34,36-48H,9,12H2. The molecule has 0 aromatic heterocycles. The summed E-state index contributed by atoms with van der Waals surface area (Å²) in [6, 6.07) is 13.6. The van der Waals surface area contributed by atoms with Gasteiger partial charge in [-0.15, -0.1) is 0 Å². The minimum absolute atomic E-state index is 0.0354. The van der Waals surface area contributed by atoms with E-state index in [0.29, 0.717) is 5.56 Å². The molecule has 3 aliphatic heterocycles. The average Bonchev–Trinajstić information content (AvgIpc) is 3.09. The Morgan fingerprint density at radius 3 is 1.84 bits per heavy atom. The molecule has 10 atom stereocenters. The van der Waals surface area contributed by atoms with Crippen molar-refractivity contribution >= 4 is 0 Å². The van der Waals surface area contributed by atoms with Crippen molar-refractivity contribution in [2.45, 2.75) is 67.3 Å². The van der Waals surface area contributed by atoms with Gasteiger partial charge in [-0.05, 0) is 35.4 Å². The second-order valence-electron chi connectivity index (χ2n) is 13.0. The van der Waals surface area contributed by atoms with E-state index in [4.69, 9.17) is 14.2 Å². The first-order chi connectivity index (χ1) is 24.3. The van der Waals surface area contributed by atoms with Gasteiger partial charge in [-0.3, -0.25) is 0 Å². The molecule has 7 rings (SSSR count). The first kappa shape index (κ1) is 34.4. The molecule has 0 radical (unpaired) electrons. The highest BCUT2D eigenvalue weighted by molar-refractivity contribution is 5.68. The van der Waals surface area contributed by atoms with Crippen molar-refractivity contribution in [3.63, 3.8) is 0 Å². The van der Waals surface area contributed by atoms with Gasteiger partial charge in [-0.2, -0.15) is 0 Å². The predicted octanol–water partition coefficient (Wildman–Crippen LogP) is 1.10. The maximum absolute atomic E-state index is 12.2. The second kappa shape index (κ2) is 13.0. The topological polar surface area (TPSA) is 270 Å². The van der Waals surface area contributed by atoms with Crippen molar-refractivity contribution in [2.24, 2.45) is 0 Å². The molecule has 15 nitrogen and oxygen atoms in total. The highest BCUT2D eigenvalue weighted by Crippen LogP contribution is 2.59. The molecular weight excluding hydrogens is 672 g/mol. The van der Waals surface area contributed by atoms with Gasteiger partial charge in [0, 0.05) is 35.2 Å². The molecule has 3 aliphatic rings. The van der Waals surface area contributed by atoms with E-state index < -0.39 is 96.0 Å². The number of rotatable bonds is 5. The van der Waals surface area contributed by atoms with Gasteiger partial charge in [0.15, 0.2) is 6.10 Å². The third kappa shape index (κ3) is 5.68. The molecule has 0 saturated carbocycles. The van der Waals surface area contributed by atoms with Crippen LogP contribution in [0.15, 0.2) is 60.7 Å². The summed E-state index contributed by atoms with van der Waals surface area (Å²) in [6.07, 6.45) is -14.4. The second-order valence-corrected chi connectivity index (χ2v) is 13.0. The average molecular weight is 709 g/mol. The van der Waals surface area contributed by atoms with E-state index in [0.717, 1.165) is 12.1 Å². The third-order valence-corrected chi connectivity index (χ3v) is 9.81. The van der Waals surface area contributed by atoms with E-state index >= 15 is 0 Å². The molecule has 15 heteroatoms. The van der Waals surface area contributed by atoms with Crippen molar-refractivity contribution < 1.29 is 75.5 Å². The fourth-order valence-electron chi connectivity index (χ4n) is 7.35. The summed E-state index contributed by atoms with van der Waals surface area (Å²) in [4.78, 5) is 0. The number of ether oxygens (including phenoxy) is 3. The van der Waals surface area contributed by atoms with Crippen LogP contribution in [-0.2, 0) is 11.2 Å². The fraction of sp³-hybridized carbons (Fsp3) is 0.333. The van der Waals surface area contributed by atoms with E-state index in [1.54, 1.807) is 6.07 Å². The maximum atomic E-state index is 12.2. The lowest BCUT2D eigenvalue weighted by atomic mass is 9.76. The number of aliphatic hydroxyl groups excluding tert-OH is 6. The number of aliphatic hydroxyl groups is 6. The zero-order valence-electron chi connectivity index (χ0n) is 26.6. The van der Waals surface area contributed by atoms with Crippen LogP contribution < -0.4 is 9.47 Å². The summed E-state index contributed by atoms with van der Waals surface area (Å²) >= 11 is 0.